The molecule has 0 unspecified atom stereocenters. The van der Waals surface area contributed by atoms with Gasteiger partial charge in [0.25, 0.3) is 0 Å². The second-order valence-corrected chi connectivity index (χ2v) is 7.12. The maximum atomic E-state index is 12.3. The molecule has 0 fully saturated rings. The van der Waals surface area contributed by atoms with E-state index >= 15 is 0 Å². The van der Waals surface area contributed by atoms with Gasteiger partial charge >= 0.3 is 0 Å². The minimum atomic E-state index is -0.0767. The SMILES string of the molecule is CC(C)C(=O)n1ncc2c1CCc1sc(Nc3ccccn3)nc1-2. The summed E-state index contributed by atoms with van der Waals surface area (Å²) in [6, 6.07) is 5.72. The number of fused-ring (bicyclic) bond motifs is 3. The first-order chi connectivity index (χ1) is 11.6. The molecular formula is C17H17N5OS. The Morgan fingerprint density at radius 2 is 2.21 bits per heavy atom. The molecular weight excluding hydrogens is 322 g/mol. The van der Waals surface area contributed by atoms with Gasteiger partial charge in [-0.1, -0.05) is 19.9 Å². The fourth-order valence-electron chi connectivity index (χ4n) is 2.81. The van der Waals surface area contributed by atoms with Crippen molar-refractivity contribution in [3.05, 3.63) is 41.2 Å². The summed E-state index contributed by atoms with van der Waals surface area (Å²) in [4.78, 5) is 22.5. The zero-order chi connectivity index (χ0) is 16.7. The third-order valence-electron chi connectivity index (χ3n) is 4.01. The molecule has 0 atom stereocenters. The number of pyridine rings is 1. The molecule has 7 heteroatoms. The van der Waals surface area contributed by atoms with Crippen LogP contribution in [0.15, 0.2) is 30.6 Å². The molecule has 0 saturated heterocycles. The molecule has 1 aliphatic rings. The summed E-state index contributed by atoms with van der Waals surface area (Å²) in [6.07, 6.45) is 5.19. The minimum Gasteiger partial charge on any atom is -0.316 e. The average molecular weight is 339 g/mol. The smallest absolute Gasteiger partial charge is 0.249 e. The van der Waals surface area contributed by atoms with Gasteiger partial charge in [-0.05, 0) is 25.0 Å². The Morgan fingerprint density at radius 1 is 1.33 bits per heavy atom. The molecule has 0 amide bonds. The van der Waals surface area contributed by atoms with E-state index in [1.807, 2.05) is 32.0 Å². The van der Waals surface area contributed by atoms with E-state index in [0.717, 1.165) is 40.7 Å². The Morgan fingerprint density at radius 3 is 2.96 bits per heavy atom. The lowest BCUT2D eigenvalue weighted by atomic mass is 10.00. The van der Waals surface area contributed by atoms with Crippen molar-refractivity contribution in [2.24, 2.45) is 5.92 Å². The van der Waals surface area contributed by atoms with Gasteiger partial charge in [-0.2, -0.15) is 5.10 Å². The van der Waals surface area contributed by atoms with Crippen LogP contribution in [0.2, 0.25) is 0 Å². The second kappa shape index (κ2) is 5.83. The van der Waals surface area contributed by atoms with E-state index in [9.17, 15) is 4.79 Å². The van der Waals surface area contributed by atoms with Gasteiger partial charge in [0, 0.05) is 22.6 Å². The number of hydrogen-bond acceptors (Lipinski definition) is 6. The number of anilines is 2. The molecule has 0 aliphatic heterocycles. The van der Waals surface area contributed by atoms with Gasteiger partial charge in [0.2, 0.25) is 5.91 Å². The Labute approximate surface area is 143 Å². The highest BCUT2D eigenvalue weighted by atomic mass is 32.1. The number of aryl methyl sites for hydroxylation is 1. The maximum absolute atomic E-state index is 12.3. The molecule has 0 spiro atoms. The Bertz CT molecular complexity index is 897. The van der Waals surface area contributed by atoms with Gasteiger partial charge in [-0.25, -0.2) is 14.6 Å². The summed E-state index contributed by atoms with van der Waals surface area (Å²) in [5.41, 5.74) is 2.87. The molecule has 0 radical (unpaired) electrons. The second-order valence-electron chi connectivity index (χ2n) is 6.04. The van der Waals surface area contributed by atoms with Crippen molar-refractivity contribution in [3.63, 3.8) is 0 Å². The first-order valence-corrected chi connectivity index (χ1v) is 8.74. The molecule has 0 bridgehead atoms. The fourth-order valence-corrected chi connectivity index (χ4v) is 3.79. The zero-order valence-corrected chi connectivity index (χ0v) is 14.3. The van der Waals surface area contributed by atoms with Crippen LogP contribution in [-0.2, 0) is 12.8 Å². The maximum Gasteiger partial charge on any atom is 0.249 e. The summed E-state index contributed by atoms with van der Waals surface area (Å²) in [5, 5.41) is 8.37. The Balaban J connectivity index is 1.68. The topological polar surface area (TPSA) is 72.7 Å². The van der Waals surface area contributed by atoms with Crippen molar-refractivity contribution in [1.29, 1.82) is 0 Å². The van der Waals surface area contributed by atoms with Crippen LogP contribution in [0.1, 0.15) is 29.2 Å². The van der Waals surface area contributed by atoms with Crippen LogP contribution >= 0.6 is 11.3 Å². The van der Waals surface area contributed by atoms with Crippen molar-refractivity contribution < 1.29 is 4.79 Å². The summed E-state index contributed by atoms with van der Waals surface area (Å²) < 4.78 is 1.55. The lowest BCUT2D eigenvalue weighted by Gasteiger charge is -2.13. The molecule has 1 N–H and O–H groups in total. The molecule has 3 aromatic heterocycles. The summed E-state index contributed by atoms with van der Waals surface area (Å²) in [5.74, 6) is 0.725. The van der Waals surface area contributed by atoms with Gasteiger partial charge < -0.3 is 5.32 Å². The Hall–Kier alpha value is -2.54. The largest absolute Gasteiger partial charge is 0.316 e. The fraction of sp³-hybridized carbons (Fsp3) is 0.294. The van der Waals surface area contributed by atoms with E-state index in [2.05, 4.69) is 15.4 Å². The first kappa shape index (κ1) is 15.0. The van der Waals surface area contributed by atoms with Crippen molar-refractivity contribution in [1.82, 2.24) is 19.7 Å². The number of carbonyl (C=O) groups excluding carboxylic acids is 1. The van der Waals surface area contributed by atoms with Crippen LogP contribution in [0.3, 0.4) is 0 Å². The van der Waals surface area contributed by atoms with Gasteiger partial charge in [0.15, 0.2) is 5.13 Å². The molecule has 0 aromatic carbocycles. The van der Waals surface area contributed by atoms with Crippen molar-refractivity contribution in [3.8, 4) is 11.3 Å². The standard InChI is InChI=1S/C17H17N5OS/c1-10(2)16(23)22-12-6-7-13-15(11(12)9-19-22)21-17(24-13)20-14-5-3-4-8-18-14/h3-5,8-10H,6-7H2,1-2H3,(H,18,20,21). The molecule has 3 heterocycles. The molecule has 122 valence electrons. The van der Waals surface area contributed by atoms with Crippen molar-refractivity contribution in [2.45, 2.75) is 26.7 Å². The summed E-state index contributed by atoms with van der Waals surface area (Å²) >= 11 is 1.63. The molecule has 1 aliphatic carbocycles. The monoisotopic (exact) mass is 339 g/mol. The molecule has 6 nitrogen and oxygen atoms in total. The zero-order valence-electron chi connectivity index (χ0n) is 13.5. The van der Waals surface area contributed by atoms with E-state index < -0.39 is 0 Å². The number of rotatable bonds is 3. The molecule has 24 heavy (non-hydrogen) atoms. The van der Waals surface area contributed by atoms with E-state index in [1.54, 1.807) is 28.4 Å². The Kier molecular flexibility index (Phi) is 3.65. The highest BCUT2D eigenvalue weighted by molar-refractivity contribution is 7.16. The van der Waals surface area contributed by atoms with Crippen molar-refractivity contribution in [2.75, 3.05) is 5.32 Å². The number of aromatic nitrogens is 4. The molecule has 3 aromatic rings. The van der Waals surface area contributed by atoms with E-state index in [0.29, 0.717) is 0 Å². The van der Waals surface area contributed by atoms with Crippen LogP contribution in [-0.4, -0.2) is 25.7 Å². The number of carbonyl (C=O) groups is 1. The third-order valence-corrected chi connectivity index (χ3v) is 5.04. The van der Waals surface area contributed by atoms with E-state index in [-0.39, 0.29) is 11.8 Å². The van der Waals surface area contributed by atoms with Crippen LogP contribution < -0.4 is 5.32 Å². The van der Waals surface area contributed by atoms with E-state index in [4.69, 9.17) is 4.98 Å². The minimum absolute atomic E-state index is 0.0294. The predicted molar refractivity (Wildman–Crippen MR) is 93.7 cm³/mol. The molecule has 4 rings (SSSR count). The van der Waals surface area contributed by atoms with Crippen molar-refractivity contribution >= 4 is 28.2 Å². The van der Waals surface area contributed by atoms with Crippen LogP contribution in [0.25, 0.3) is 11.3 Å². The number of hydrogen-bond donors (Lipinski definition) is 1. The normalized spacial score (nSPS) is 12.8. The summed E-state index contributed by atoms with van der Waals surface area (Å²) in [7, 11) is 0. The number of thiazole rings is 1. The molecule has 0 saturated carbocycles. The highest BCUT2D eigenvalue weighted by Gasteiger charge is 2.27. The van der Waals surface area contributed by atoms with Crippen LogP contribution in [0, 0.1) is 5.92 Å². The lowest BCUT2D eigenvalue weighted by Crippen LogP contribution is -2.21. The summed E-state index contributed by atoms with van der Waals surface area (Å²) in [6.45, 7) is 3.78. The lowest BCUT2D eigenvalue weighted by molar-refractivity contribution is 0.0834. The van der Waals surface area contributed by atoms with Gasteiger partial charge in [-0.15, -0.1) is 11.3 Å². The third kappa shape index (κ3) is 2.50. The predicted octanol–water partition coefficient (Wildman–Crippen LogP) is 3.54. The number of nitrogens with zero attached hydrogens (tertiary/aromatic N) is 4. The highest BCUT2D eigenvalue weighted by Crippen LogP contribution is 2.38. The van der Waals surface area contributed by atoms with Gasteiger partial charge in [0.05, 0.1) is 17.6 Å². The van der Waals surface area contributed by atoms with E-state index in [1.165, 1.54) is 4.88 Å². The van der Waals surface area contributed by atoms with Gasteiger partial charge in [-0.3, -0.25) is 4.79 Å². The van der Waals surface area contributed by atoms with Crippen LogP contribution in [0.5, 0.6) is 0 Å². The van der Waals surface area contributed by atoms with Gasteiger partial charge in [0.1, 0.15) is 5.82 Å². The average Bonchev–Trinajstić information content (AvgIpc) is 3.17. The quantitative estimate of drug-likeness (QED) is 0.790. The number of nitrogens with one attached hydrogen (secondary N) is 1. The van der Waals surface area contributed by atoms with Crippen LogP contribution in [0.4, 0.5) is 10.9 Å². The first-order valence-electron chi connectivity index (χ1n) is 7.92.